The summed E-state index contributed by atoms with van der Waals surface area (Å²) in [5.74, 6) is 0.379. The van der Waals surface area contributed by atoms with Gasteiger partial charge in [0.15, 0.2) is 0 Å². The molecule has 2 aromatic rings. The Kier molecular flexibility index (Phi) is 8.36. The van der Waals surface area contributed by atoms with Gasteiger partial charge in [-0.25, -0.2) is 0 Å². The van der Waals surface area contributed by atoms with Crippen molar-refractivity contribution in [3.8, 4) is 0 Å². The smallest absolute Gasteiger partial charge is 0.253 e. The zero-order valence-electron chi connectivity index (χ0n) is 21.4. The van der Waals surface area contributed by atoms with Gasteiger partial charge in [-0.15, -0.1) is 0 Å². The molecule has 1 saturated carbocycles. The molecule has 2 heterocycles. The zero-order chi connectivity index (χ0) is 27.0. The lowest BCUT2D eigenvalue weighted by molar-refractivity contribution is -0.142. The standard InChI is InChI=1S/C29H32BrCl2N3O3/c1-33(27(36)18-4-7-22(30)8-5-18)26-12-15-35(17-23(26)21-6-9-24(31)25(32)16-21)29(38)20-10-13-34(14-11-20)28(37)19-2-3-19/h4-9,16,19-20,23,26H,2-3,10-15,17H2,1H3. The van der Waals surface area contributed by atoms with Crippen molar-refractivity contribution < 1.29 is 14.4 Å². The van der Waals surface area contributed by atoms with Crippen LogP contribution in [0.4, 0.5) is 0 Å². The van der Waals surface area contributed by atoms with Gasteiger partial charge in [0.25, 0.3) is 5.91 Å². The Hall–Kier alpha value is -2.09. The van der Waals surface area contributed by atoms with Gasteiger partial charge in [0.1, 0.15) is 0 Å². The van der Waals surface area contributed by atoms with Gasteiger partial charge in [0.2, 0.25) is 11.8 Å². The first-order chi connectivity index (χ1) is 18.2. The van der Waals surface area contributed by atoms with E-state index in [-0.39, 0.29) is 41.5 Å². The summed E-state index contributed by atoms with van der Waals surface area (Å²) in [6.45, 7) is 2.40. The molecule has 3 aliphatic rings. The van der Waals surface area contributed by atoms with Crippen molar-refractivity contribution in [1.29, 1.82) is 0 Å². The number of likely N-dealkylation sites (tertiary alicyclic amines) is 2. The fourth-order valence-electron chi connectivity index (χ4n) is 5.81. The number of benzene rings is 2. The predicted octanol–water partition coefficient (Wildman–Crippen LogP) is 5.86. The van der Waals surface area contributed by atoms with Gasteiger partial charge in [-0.05, 0) is 74.1 Å². The number of hydrogen-bond donors (Lipinski definition) is 0. The van der Waals surface area contributed by atoms with E-state index in [2.05, 4.69) is 15.9 Å². The van der Waals surface area contributed by atoms with Crippen molar-refractivity contribution in [2.75, 3.05) is 33.2 Å². The molecule has 0 N–H and O–H groups in total. The molecule has 2 saturated heterocycles. The molecule has 0 radical (unpaired) electrons. The molecule has 0 spiro atoms. The van der Waals surface area contributed by atoms with Gasteiger partial charge in [-0.3, -0.25) is 14.4 Å². The molecule has 3 fully saturated rings. The highest BCUT2D eigenvalue weighted by atomic mass is 79.9. The lowest BCUT2D eigenvalue weighted by atomic mass is 9.83. The highest BCUT2D eigenvalue weighted by Crippen LogP contribution is 2.36. The molecule has 9 heteroatoms. The topological polar surface area (TPSA) is 60.9 Å². The second-order valence-corrected chi connectivity index (χ2v) is 12.4. The van der Waals surface area contributed by atoms with Crippen molar-refractivity contribution in [3.05, 3.63) is 68.1 Å². The quantitative estimate of drug-likeness (QED) is 0.421. The van der Waals surface area contributed by atoms with Gasteiger partial charge in [0.05, 0.1) is 10.0 Å². The number of nitrogens with zero attached hydrogens (tertiary/aromatic N) is 3. The van der Waals surface area contributed by atoms with Crippen molar-refractivity contribution in [2.24, 2.45) is 11.8 Å². The molecule has 202 valence electrons. The number of rotatable bonds is 5. The summed E-state index contributed by atoms with van der Waals surface area (Å²) in [4.78, 5) is 45.2. The van der Waals surface area contributed by atoms with Crippen LogP contribution in [-0.4, -0.2) is 71.7 Å². The van der Waals surface area contributed by atoms with Crippen LogP contribution in [0.25, 0.3) is 0 Å². The SMILES string of the molecule is CN(C(=O)c1ccc(Br)cc1)C1CCN(C(=O)C2CCN(C(=O)C3CC3)CC2)CC1c1ccc(Cl)c(Cl)c1. The van der Waals surface area contributed by atoms with E-state index in [1.54, 1.807) is 11.0 Å². The molecule has 3 amide bonds. The van der Waals surface area contributed by atoms with Crippen LogP contribution < -0.4 is 0 Å². The Morgan fingerprint density at radius 2 is 1.42 bits per heavy atom. The Bertz CT molecular complexity index is 1210. The van der Waals surface area contributed by atoms with Crippen LogP contribution >= 0.6 is 39.1 Å². The number of piperidine rings is 2. The summed E-state index contributed by atoms with van der Waals surface area (Å²) in [5.41, 5.74) is 1.58. The van der Waals surface area contributed by atoms with Crippen LogP contribution in [0.5, 0.6) is 0 Å². The predicted molar refractivity (Wildman–Crippen MR) is 152 cm³/mol. The fraction of sp³-hybridized carbons (Fsp3) is 0.483. The molecule has 5 rings (SSSR count). The Morgan fingerprint density at radius 1 is 0.816 bits per heavy atom. The third-order valence-electron chi connectivity index (χ3n) is 8.25. The summed E-state index contributed by atoms with van der Waals surface area (Å²) in [5, 5.41) is 0.934. The Balaban J connectivity index is 1.32. The molecule has 1 aliphatic carbocycles. The van der Waals surface area contributed by atoms with E-state index >= 15 is 0 Å². The zero-order valence-corrected chi connectivity index (χ0v) is 24.5. The Morgan fingerprint density at radius 3 is 2.05 bits per heavy atom. The number of amides is 3. The molecule has 2 atom stereocenters. The van der Waals surface area contributed by atoms with Gasteiger partial charge < -0.3 is 14.7 Å². The number of halogens is 3. The number of carbonyl (C=O) groups excluding carboxylic acids is 3. The maximum atomic E-state index is 13.6. The summed E-state index contributed by atoms with van der Waals surface area (Å²) in [7, 11) is 1.84. The molecule has 0 bridgehead atoms. The lowest BCUT2D eigenvalue weighted by Crippen LogP contribution is -2.53. The Labute approximate surface area is 242 Å². The largest absolute Gasteiger partial charge is 0.342 e. The van der Waals surface area contributed by atoms with Crippen molar-refractivity contribution in [3.63, 3.8) is 0 Å². The number of likely N-dealkylation sites (N-methyl/N-ethyl adjacent to an activating group) is 1. The van der Waals surface area contributed by atoms with E-state index < -0.39 is 0 Å². The van der Waals surface area contributed by atoms with Gasteiger partial charge >= 0.3 is 0 Å². The second kappa shape index (κ2) is 11.6. The van der Waals surface area contributed by atoms with Crippen molar-refractivity contribution in [1.82, 2.24) is 14.7 Å². The summed E-state index contributed by atoms with van der Waals surface area (Å²) in [6.07, 6.45) is 4.07. The normalized spacial score (nSPS) is 22.3. The van der Waals surface area contributed by atoms with E-state index in [0.29, 0.717) is 61.1 Å². The molecular formula is C29H32BrCl2N3O3. The maximum Gasteiger partial charge on any atom is 0.253 e. The second-order valence-electron chi connectivity index (χ2n) is 10.7. The molecule has 0 aromatic heterocycles. The van der Waals surface area contributed by atoms with E-state index in [1.807, 2.05) is 53.2 Å². The average molecular weight is 621 g/mol. The van der Waals surface area contributed by atoms with Crippen LogP contribution in [0.1, 0.15) is 53.9 Å². The van der Waals surface area contributed by atoms with Gasteiger partial charge in [-0.1, -0.05) is 45.2 Å². The summed E-state index contributed by atoms with van der Waals surface area (Å²) in [6, 6.07) is 12.8. The number of carbonyl (C=O) groups is 3. The van der Waals surface area contributed by atoms with Crippen LogP contribution in [-0.2, 0) is 9.59 Å². The highest BCUT2D eigenvalue weighted by molar-refractivity contribution is 9.10. The van der Waals surface area contributed by atoms with Gasteiger partial charge in [0, 0.05) is 67.1 Å². The minimum atomic E-state index is -0.108. The summed E-state index contributed by atoms with van der Waals surface area (Å²) >= 11 is 16.0. The van der Waals surface area contributed by atoms with E-state index in [4.69, 9.17) is 23.2 Å². The minimum Gasteiger partial charge on any atom is -0.342 e. The molecule has 2 aromatic carbocycles. The fourth-order valence-corrected chi connectivity index (χ4v) is 6.39. The van der Waals surface area contributed by atoms with Crippen molar-refractivity contribution >= 4 is 56.9 Å². The van der Waals surface area contributed by atoms with Crippen LogP contribution in [0, 0.1) is 11.8 Å². The molecule has 2 aliphatic heterocycles. The first-order valence-corrected chi connectivity index (χ1v) is 14.8. The monoisotopic (exact) mass is 619 g/mol. The highest BCUT2D eigenvalue weighted by Gasteiger charge is 2.40. The molecule has 6 nitrogen and oxygen atoms in total. The maximum absolute atomic E-state index is 13.6. The van der Waals surface area contributed by atoms with E-state index in [9.17, 15) is 14.4 Å². The van der Waals surface area contributed by atoms with E-state index in [1.165, 1.54) is 0 Å². The van der Waals surface area contributed by atoms with Crippen LogP contribution in [0.2, 0.25) is 10.0 Å². The summed E-state index contributed by atoms with van der Waals surface area (Å²) < 4.78 is 0.917. The first kappa shape index (κ1) is 27.5. The lowest BCUT2D eigenvalue weighted by Gasteiger charge is -2.44. The number of hydrogen-bond acceptors (Lipinski definition) is 3. The average Bonchev–Trinajstić information content (AvgIpc) is 3.79. The van der Waals surface area contributed by atoms with Crippen LogP contribution in [0.3, 0.4) is 0 Å². The van der Waals surface area contributed by atoms with Gasteiger partial charge in [-0.2, -0.15) is 0 Å². The first-order valence-electron chi connectivity index (χ1n) is 13.3. The third kappa shape index (κ3) is 5.90. The minimum absolute atomic E-state index is 0.0555. The molecular weight excluding hydrogens is 589 g/mol. The van der Waals surface area contributed by atoms with Crippen LogP contribution in [0.15, 0.2) is 46.9 Å². The van der Waals surface area contributed by atoms with Crippen molar-refractivity contribution in [2.45, 2.75) is 44.1 Å². The third-order valence-corrected chi connectivity index (χ3v) is 9.52. The van der Waals surface area contributed by atoms with E-state index in [0.717, 1.165) is 22.9 Å². The molecule has 38 heavy (non-hydrogen) atoms. The molecule has 2 unspecified atom stereocenters.